The smallest absolute Gasteiger partial charge is 0.146 e. The summed E-state index contributed by atoms with van der Waals surface area (Å²) in [6.45, 7) is 3.37. The van der Waals surface area contributed by atoms with Crippen molar-refractivity contribution in [1.82, 2.24) is 0 Å². The molecule has 2 nitrogen and oxygen atoms in total. The zero-order valence-electron chi connectivity index (χ0n) is 11.8. The molecule has 0 amide bonds. The number of anilines is 1. The molecule has 4 heteroatoms. The second-order valence-electron chi connectivity index (χ2n) is 5.13. The van der Waals surface area contributed by atoms with Gasteiger partial charge < -0.3 is 9.73 Å². The summed E-state index contributed by atoms with van der Waals surface area (Å²) >= 11 is 0. The Morgan fingerprint density at radius 1 is 1.05 bits per heavy atom. The van der Waals surface area contributed by atoms with Crippen molar-refractivity contribution in [2.24, 2.45) is 0 Å². The van der Waals surface area contributed by atoms with Crippen molar-refractivity contribution in [2.75, 3.05) is 5.32 Å². The summed E-state index contributed by atoms with van der Waals surface area (Å²) < 4.78 is 33.1. The fourth-order valence-corrected chi connectivity index (χ4v) is 2.28. The van der Waals surface area contributed by atoms with Gasteiger partial charge in [-0.2, -0.15) is 0 Å². The lowest BCUT2D eigenvalue weighted by Gasteiger charge is -2.14. The Labute approximate surface area is 121 Å². The summed E-state index contributed by atoms with van der Waals surface area (Å²) in [7, 11) is 0. The molecule has 0 spiro atoms. The summed E-state index contributed by atoms with van der Waals surface area (Å²) in [5.74, 6) is -0.232. The van der Waals surface area contributed by atoms with Crippen molar-refractivity contribution >= 4 is 16.7 Å². The maximum Gasteiger partial charge on any atom is 0.146 e. The zero-order chi connectivity index (χ0) is 15.0. The Morgan fingerprint density at radius 3 is 2.57 bits per heavy atom. The average molecular weight is 287 g/mol. The number of nitrogens with one attached hydrogen (secondary N) is 1. The molecule has 3 rings (SSSR count). The molecular weight excluding hydrogens is 272 g/mol. The molecule has 1 unspecified atom stereocenters. The summed E-state index contributed by atoms with van der Waals surface area (Å²) in [6, 6.07) is 11.6. The van der Waals surface area contributed by atoms with E-state index in [4.69, 9.17) is 4.42 Å². The van der Waals surface area contributed by atoms with E-state index < -0.39 is 11.6 Å². The lowest BCUT2D eigenvalue weighted by molar-refractivity contribution is 0.523. The second kappa shape index (κ2) is 5.20. The normalized spacial score (nSPS) is 12.6. The summed E-state index contributed by atoms with van der Waals surface area (Å²) in [5.41, 5.74) is 1.19. The maximum atomic E-state index is 13.9. The van der Waals surface area contributed by atoms with E-state index in [9.17, 15) is 8.78 Å². The lowest BCUT2D eigenvalue weighted by Crippen LogP contribution is -2.07. The number of aryl methyl sites for hydroxylation is 1. The van der Waals surface area contributed by atoms with Gasteiger partial charge in [-0.3, -0.25) is 0 Å². The van der Waals surface area contributed by atoms with Gasteiger partial charge in [0.25, 0.3) is 0 Å². The predicted octanol–water partition coefficient (Wildman–Crippen LogP) is 5.19. The number of rotatable bonds is 3. The molecule has 3 aromatic rings. The highest BCUT2D eigenvalue weighted by molar-refractivity contribution is 5.77. The average Bonchev–Trinajstić information content (AvgIpc) is 2.88. The molecule has 21 heavy (non-hydrogen) atoms. The van der Waals surface area contributed by atoms with Gasteiger partial charge in [-0.1, -0.05) is 18.2 Å². The third-order valence-corrected chi connectivity index (χ3v) is 3.49. The summed E-state index contributed by atoms with van der Waals surface area (Å²) in [4.78, 5) is 0. The van der Waals surface area contributed by atoms with Crippen LogP contribution in [-0.4, -0.2) is 0 Å². The van der Waals surface area contributed by atoms with Gasteiger partial charge in [-0.15, -0.1) is 0 Å². The first kappa shape index (κ1) is 13.6. The highest BCUT2D eigenvalue weighted by Crippen LogP contribution is 2.28. The van der Waals surface area contributed by atoms with Crippen molar-refractivity contribution in [2.45, 2.75) is 19.9 Å². The topological polar surface area (TPSA) is 25.2 Å². The van der Waals surface area contributed by atoms with Gasteiger partial charge in [0, 0.05) is 11.5 Å². The van der Waals surface area contributed by atoms with Gasteiger partial charge in [-0.05, 0) is 37.6 Å². The summed E-state index contributed by atoms with van der Waals surface area (Å²) in [5, 5.41) is 3.93. The maximum absolute atomic E-state index is 13.9. The quantitative estimate of drug-likeness (QED) is 0.717. The zero-order valence-corrected chi connectivity index (χ0v) is 11.8. The van der Waals surface area contributed by atoms with Crippen LogP contribution < -0.4 is 5.32 Å². The molecule has 0 aliphatic carbocycles. The van der Waals surface area contributed by atoms with Gasteiger partial charge in [0.2, 0.25) is 0 Å². The van der Waals surface area contributed by atoms with Crippen LogP contribution in [0.3, 0.4) is 0 Å². The molecule has 108 valence electrons. The number of hydrogen-bond donors (Lipinski definition) is 1. The van der Waals surface area contributed by atoms with Gasteiger partial charge >= 0.3 is 0 Å². The monoisotopic (exact) mass is 287 g/mol. The third kappa shape index (κ3) is 2.61. The van der Waals surface area contributed by atoms with Crippen LogP contribution in [0.25, 0.3) is 11.0 Å². The molecule has 1 atom stereocenters. The van der Waals surface area contributed by atoms with Crippen LogP contribution in [0.1, 0.15) is 24.3 Å². The van der Waals surface area contributed by atoms with Crippen LogP contribution >= 0.6 is 0 Å². The molecule has 0 aliphatic rings. The summed E-state index contributed by atoms with van der Waals surface area (Å²) in [6.07, 6.45) is 0. The van der Waals surface area contributed by atoms with E-state index in [2.05, 4.69) is 5.32 Å². The van der Waals surface area contributed by atoms with Gasteiger partial charge in [0.1, 0.15) is 23.0 Å². The number of para-hydroxylation sites is 1. The van der Waals surface area contributed by atoms with E-state index in [0.717, 1.165) is 11.0 Å². The first-order chi connectivity index (χ1) is 10.0. The highest BCUT2D eigenvalue weighted by atomic mass is 19.1. The lowest BCUT2D eigenvalue weighted by atomic mass is 10.1. The minimum Gasteiger partial charge on any atom is -0.459 e. The van der Waals surface area contributed by atoms with Crippen molar-refractivity contribution in [3.8, 4) is 0 Å². The van der Waals surface area contributed by atoms with Crippen molar-refractivity contribution in [3.63, 3.8) is 0 Å². The van der Waals surface area contributed by atoms with Crippen LogP contribution in [0.5, 0.6) is 0 Å². The van der Waals surface area contributed by atoms with Crippen molar-refractivity contribution in [1.29, 1.82) is 0 Å². The number of hydrogen-bond acceptors (Lipinski definition) is 2. The van der Waals surface area contributed by atoms with Crippen LogP contribution in [0.4, 0.5) is 14.5 Å². The molecule has 0 saturated heterocycles. The van der Waals surface area contributed by atoms with Crippen LogP contribution in [0, 0.1) is 18.6 Å². The van der Waals surface area contributed by atoms with Gasteiger partial charge in [0.05, 0.1) is 11.7 Å². The number of halogens is 2. The molecule has 1 N–H and O–H groups in total. The van der Waals surface area contributed by atoms with Crippen LogP contribution in [0.2, 0.25) is 0 Å². The van der Waals surface area contributed by atoms with E-state index in [1.807, 2.05) is 37.3 Å². The van der Waals surface area contributed by atoms with E-state index in [0.29, 0.717) is 5.76 Å². The van der Waals surface area contributed by atoms with Gasteiger partial charge in [-0.25, -0.2) is 8.78 Å². The minimum atomic E-state index is -0.475. The Bertz CT molecular complexity index is 762. The number of benzene rings is 2. The molecule has 0 aliphatic heterocycles. The van der Waals surface area contributed by atoms with Gasteiger partial charge in [0.15, 0.2) is 0 Å². The standard InChI is InChI=1S/C17H15F2NO/c1-10-7-14(19)15(9-13(10)18)20-11(2)17-8-12-5-3-4-6-16(12)21-17/h3-9,11,20H,1-2H3. The fraction of sp³-hybridized carbons (Fsp3) is 0.176. The van der Waals surface area contributed by atoms with Crippen LogP contribution in [0.15, 0.2) is 46.9 Å². The molecule has 2 aromatic carbocycles. The second-order valence-corrected chi connectivity index (χ2v) is 5.13. The van der Waals surface area contributed by atoms with E-state index in [1.54, 1.807) is 0 Å². The van der Waals surface area contributed by atoms with Crippen LogP contribution in [-0.2, 0) is 0 Å². The molecule has 1 heterocycles. The Balaban J connectivity index is 1.89. The Kier molecular flexibility index (Phi) is 3.37. The molecule has 0 bridgehead atoms. The van der Waals surface area contributed by atoms with Crippen molar-refractivity contribution in [3.05, 3.63) is 65.4 Å². The Morgan fingerprint density at radius 2 is 1.81 bits per heavy atom. The Hall–Kier alpha value is -2.36. The van der Waals surface area contributed by atoms with E-state index in [1.165, 1.54) is 19.1 Å². The molecular formula is C17H15F2NO. The SMILES string of the molecule is Cc1cc(F)c(NC(C)c2cc3ccccc3o2)cc1F. The minimum absolute atomic E-state index is 0.131. The molecule has 0 saturated carbocycles. The molecule has 1 aromatic heterocycles. The first-order valence-electron chi connectivity index (χ1n) is 6.75. The van der Waals surface area contributed by atoms with E-state index in [-0.39, 0.29) is 17.3 Å². The predicted molar refractivity (Wildman–Crippen MR) is 79.3 cm³/mol. The number of furan rings is 1. The number of fused-ring (bicyclic) bond motifs is 1. The molecule has 0 fully saturated rings. The first-order valence-corrected chi connectivity index (χ1v) is 6.75. The molecule has 0 radical (unpaired) electrons. The van der Waals surface area contributed by atoms with E-state index >= 15 is 0 Å². The third-order valence-electron chi connectivity index (χ3n) is 3.49. The highest BCUT2D eigenvalue weighted by Gasteiger charge is 2.14. The van der Waals surface area contributed by atoms with Crippen molar-refractivity contribution < 1.29 is 13.2 Å². The fourth-order valence-electron chi connectivity index (χ4n) is 2.28. The largest absolute Gasteiger partial charge is 0.459 e.